The molecule has 0 amide bonds. The van der Waals surface area contributed by atoms with Gasteiger partial charge in [0.25, 0.3) is 0 Å². The van der Waals surface area contributed by atoms with Crippen LogP contribution < -0.4 is 4.74 Å². The summed E-state index contributed by atoms with van der Waals surface area (Å²) in [7, 11) is 7.75. The summed E-state index contributed by atoms with van der Waals surface area (Å²) in [4.78, 5) is 4.26. The molecule has 102 valence electrons. The molecule has 1 aromatic rings. The van der Waals surface area contributed by atoms with Crippen molar-refractivity contribution < 1.29 is 9.84 Å². The second kappa shape index (κ2) is 7.36. The Morgan fingerprint density at radius 1 is 1.22 bits per heavy atom. The van der Waals surface area contributed by atoms with Gasteiger partial charge in [-0.15, -0.1) is 0 Å². The van der Waals surface area contributed by atoms with Gasteiger partial charge in [0, 0.05) is 19.6 Å². The minimum absolute atomic E-state index is 0.479. The van der Waals surface area contributed by atoms with E-state index in [2.05, 4.69) is 9.80 Å². The van der Waals surface area contributed by atoms with Gasteiger partial charge in [0.2, 0.25) is 0 Å². The lowest BCUT2D eigenvalue weighted by Crippen LogP contribution is -2.31. The molecule has 1 atom stereocenters. The average Bonchev–Trinajstić information content (AvgIpc) is 2.36. The summed E-state index contributed by atoms with van der Waals surface area (Å²) in [6.07, 6.45) is -0.479. The molecule has 0 aliphatic carbocycles. The summed E-state index contributed by atoms with van der Waals surface area (Å²) >= 11 is 0. The zero-order chi connectivity index (χ0) is 13.5. The number of ether oxygens (including phenoxy) is 1. The molecule has 1 unspecified atom stereocenters. The van der Waals surface area contributed by atoms with Crippen molar-refractivity contribution in [2.24, 2.45) is 0 Å². The van der Waals surface area contributed by atoms with Gasteiger partial charge in [0.05, 0.1) is 13.2 Å². The highest BCUT2D eigenvalue weighted by Crippen LogP contribution is 2.19. The van der Waals surface area contributed by atoms with E-state index < -0.39 is 6.10 Å². The molecule has 1 rings (SSSR count). The summed E-state index contributed by atoms with van der Waals surface area (Å²) in [6.45, 7) is 2.55. The van der Waals surface area contributed by atoms with Crippen LogP contribution in [0.2, 0.25) is 0 Å². The van der Waals surface area contributed by atoms with E-state index >= 15 is 0 Å². The Kier molecular flexibility index (Phi) is 6.12. The molecule has 0 bridgehead atoms. The van der Waals surface area contributed by atoms with Crippen molar-refractivity contribution in [3.8, 4) is 5.75 Å². The van der Waals surface area contributed by atoms with Crippen LogP contribution in [0, 0.1) is 0 Å². The summed E-state index contributed by atoms with van der Waals surface area (Å²) in [6, 6.07) is 7.58. The van der Waals surface area contributed by atoms with E-state index in [1.54, 1.807) is 7.11 Å². The molecule has 4 nitrogen and oxygen atoms in total. The van der Waals surface area contributed by atoms with Gasteiger partial charge in [-0.25, -0.2) is 0 Å². The van der Waals surface area contributed by atoms with Crippen molar-refractivity contribution in [1.82, 2.24) is 9.80 Å². The maximum Gasteiger partial charge on any atom is 0.119 e. The van der Waals surface area contributed by atoms with Gasteiger partial charge < -0.3 is 19.6 Å². The topological polar surface area (TPSA) is 35.9 Å². The third-order valence-electron chi connectivity index (χ3n) is 2.89. The first-order valence-electron chi connectivity index (χ1n) is 6.18. The molecule has 1 aromatic carbocycles. The average molecular weight is 252 g/mol. The normalized spacial score (nSPS) is 13.1. The SMILES string of the molecule is COc1cccc(C(O)CN(C)CCN(C)C)c1. The number of methoxy groups -OCH3 is 1. The van der Waals surface area contributed by atoms with Gasteiger partial charge in [-0.2, -0.15) is 0 Å². The standard InChI is InChI=1S/C14H24N2O2/c1-15(2)8-9-16(3)11-14(17)12-6-5-7-13(10-12)18-4/h5-7,10,14,17H,8-9,11H2,1-4H3. The van der Waals surface area contributed by atoms with Crippen molar-refractivity contribution in [2.45, 2.75) is 6.10 Å². The Bertz CT molecular complexity index is 355. The fraction of sp³-hybridized carbons (Fsp3) is 0.571. The third kappa shape index (κ3) is 5.04. The van der Waals surface area contributed by atoms with Crippen LogP contribution in [0.15, 0.2) is 24.3 Å². The van der Waals surface area contributed by atoms with Gasteiger partial charge in [-0.1, -0.05) is 12.1 Å². The number of benzene rings is 1. The van der Waals surface area contributed by atoms with Crippen molar-refractivity contribution in [1.29, 1.82) is 0 Å². The van der Waals surface area contributed by atoms with Crippen LogP contribution in [0.5, 0.6) is 5.75 Å². The maximum absolute atomic E-state index is 10.2. The molecule has 1 N–H and O–H groups in total. The molecule has 0 heterocycles. The first-order chi connectivity index (χ1) is 8.52. The Morgan fingerprint density at radius 3 is 2.56 bits per heavy atom. The van der Waals surface area contributed by atoms with E-state index in [0.717, 1.165) is 24.4 Å². The van der Waals surface area contributed by atoms with Crippen LogP contribution in [0.4, 0.5) is 0 Å². The van der Waals surface area contributed by atoms with Gasteiger partial charge >= 0.3 is 0 Å². The predicted molar refractivity (Wildman–Crippen MR) is 74.0 cm³/mol. The number of hydrogen-bond donors (Lipinski definition) is 1. The fourth-order valence-corrected chi connectivity index (χ4v) is 1.71. The molecule has 0 aromatic heterocycles. The molecular formula is C14H24N2O2. The Labute approximate surface area is 110 Å². The van der Waals surface area contributed by atoms with Gasteiger partial charge in [0.1, 0.15) is 5.75 Å². The van der Waals surface area contributed by atoms with Gasteiger partial charge in [0.15, 0.2) is 0 Å². The molecule has 0 spiro atoms. The summed E-state index contributed by atoms with van der Waals surface area (Å²) < 4.78 is 5.16. The lowest BCUT2D eigenvalue weighted by Gasteiger charge is -2.22. The molecule has 0 aliphatic heterocycles. The molecule has 18 heavy (non-hydrogen) atoms. The number of aliphatic hydroxyl groups is 1. The number of nitrogens with zero attached hydrogens (tertiary/aromatic N) is 2. The Balaban J connectivity index is 2.50. The monoisotopic (exact) mass is 252 g/mol. The number of rotatable bonds is 7. The smallest absolute Gasteiger partial charge is 0.119 e. The van der Waals surface area contributed by atoms with E-state index in [4.69, 9.17) is 4.74 Å². The Hall–Kier alpha value is -1.10. The Morgan fingerprint density at radius 2 is 1.94 bits per heavy atom. The van der Waals surface area contributed by atoms with E-state index in [1.807, 2.05) is 45.4 Å². The molecule has 0 saturated carbocycles. The van der Waals surface area contributed by atoms with Crippen LogP contribution in [0.3, 0.4) is 0 Å². The van der Waals surface area contributed by atoms with Gasteiger partial charge in [-0.05, 0) is 38.8 Å². The second-order valence-electron chi connectivity index (χ2n) is 4.86. The first kappa shape index (κ1) is 15.0. The summed E-state index contributed by atoms with van der Waals surface area (Å²) in [5, 5.41) is 10.2. The first-order valence-corrected chi connectivity index (χ1v) is 6.18. The van der Waals surface area contributed by atoms with Crippen LogP contribution in [-0.2, 0) is 0 Å². The van der Waals surface area contributed by atoms with Crippen LogP contribution in [0.1, 0.15) is 11.7 Å². The van der Waals surface area contributed by atoms with Crippen molar-refractivity contribution in [2.75, 3.05) is 47.9 Å². The van der Waals surface area contributed by atoms with Crippen LogP contribution in [-0.4, -0.2) is 62.8 Å². The largest absolute Gasteiger partial charge is 0.497 e. The van der Waals surface area contributed by atoms with Crippen molar-refractivity contribution >= 4 is 0 Å². The van der Waals surface area contributed by atoms with Crippen LogP contribution in [0.25, 0.3) is 0 Å². The third-order valence-corrected chi connectivity index (χ3v) is 2.89. The summed E-state index contributed by atoms with van der Waals surface area (Å²) in [5.74, 6) is 0.780. The lowest BCUT2D eigenvalue weighted by atomic mass is 10.1. The minimum Gasteiger partial charge on any atom is -0.497 e. The zero-order valence-electron chi connectivity index (χ0n) is 11.8. The van der Waals surface area contributed by atoms with Crippen molar-refractivity contribution in [3.63, 3.8) is 0 Å². The summed E-state index contributed by atoms with van der Waals surface area (Å²) in [5.41, 5.74) is 0.894. The highest BCUT2D eigenvalue weighted by molar-refractivity contribution is 5.29. The fourth-order valence-electron chi connectivity index (χ4n) is 1.71. The van der Waals surface area contributed by atoms with E-state index in [1.165, 1.54) is 0 Å². The van der Waals surface area contributed by atoms with Crippen molar-refractivity contribution in [3.05, 3.63) is 29.8 Å². The van der Waals surface area contributed by atoms with Gasteiger partial charge in [-0.3, -0.25) is 0 Å². The highest BCUT2D eigenvalue weighted by atomic mass is 16.5. The number of aliphatic hydroxyl groups excluding tert-OH is 1. The number of likely N-dealkylation sites (N-methyl/N-ethyl adjacent to an activating group) is 2. The molecule has 0 fully saturated rings. The number of hydrogen-bond acceptors (Lipinski definition) is 4. The molecule has 0 radical (unpaired) electrons. The van der Waals surface area contributed by atoms with E-state index in [-0.39, 0.29) is 0 Å². The molecular weight excluding hydrogens is 228 g/mol. The highest BCUT2D eigenvalue weighted by Gasteiger charge is 2.11. The van der Waals surface area contributed by atoms with E-state index in [0.29, 0.717) is 6.54 Å². The molecule has 4 heteroatoms. The van der Waals surface area contributed by atoms with Crippen LogP contribution >= 0.6 is 0 Å². The zero-order valence-corrected chi connectivity index (χ0v) is 11.8. The molecule has 0 saturated heterocycles. The van der Waals surface area contributed by atoms with E-state index in [9.17, 15) is 5.11 Å². The second-order valence-corrected chi connectivity index (χ2v) is 4.86. The quantitative estimate of drug-likeness (QED) is 0.791. The maximum atomic E-state index is 10.2. The molecule has 0 aliphatic rings. The minimum atomic E-state index is -0.479. The predicted octanol–water partition coefficient (Wildman–Crippen LogP) is 1.22. The lowest BCUT2D eigenvalue weighted by molar-refractivity contribution is 0.122.